The zero-order chi connectivity index (χ0) is 15.2. The smallest absolute Gasteiger partial charge is 0.378 e. The molecule has 0 aliphatic rings. The first-order chi connectivity index (χ1) is 9.39. The molecule has 114 valence electrons. The third-order valence-corrected chi connectivity index (χ3v) is 3.49. The minimum atomic E-state index is -3.62. The van der Waals surface area contributed by atoms with Crippen LogP contribution in [0.5, 0.6) is 0 Å². The van der Waals surface area contributed by atoms with Gasteiger partial charge in [0.2, 0.25) is 0 Å². The number of carbonyl (C=O) groups excluding carboxylic acids is 1. The molecule has 0 bridgehead atoms. The Balaban J connectivity index is 2.69. The number of esters is 1. The number of aromatic amines is 1. The number of hydrogen-bond acceptors (Lipinski definition) is 6. The van der Waals surface area contributed by atoms with E-state index in [-0.39, 0.29) is 18.3 Å². The number of nitrogens with one attached hydrogen (secondary N) is 3. The third-order valence-electron chi connectivity index (χ3n) is 2.24. The lowest BCUT2D eigenvalue weighted by Gasteiger charge is -2.11. The van der Waals surface area contributed by atoms with E-state index < -0.39 is 22.2 Å². The van der Waals surface area contributed by atoms with Gasteiger partial charge < -0.3 is 4.74 Å². The van der Waals surface area contributed by atoms with Crippen LogP contribution in [0.3, 0.4) is 0 Å². The van der Waals surface area contributed by atoms with Gasteiger partial charge >= 0.3 is 5.97 Å². The summed E-state index contributed by atoms with van der Waals surface area (Å²) >= 11 is 0. The van der Waals surface area contributed by atoms with Crippen LogP contribution in [0.4, 0.5) is 0 Å². The van der Waals surface area contributed by atoms with E-state index in [0.29, 0.717) is 13.0 Å². The fraction of sp³-hybridized carbons (Fsp3) is 0.700. The van der Waals surface area contributed by atoms with Crippen molar-refractivity contribution < 1.29 is 17.9 Å². The summed E-state index contributed by atoms with van der Waals surface area (Å²) in [6, 6.07) is -0.653. The Labute approximate surface area is 117 Å². The molecule has 0 aliphatic heterocycles. The molecule has 3 N–H and O–H groups in total. The van der Waals surface area contributed by atoms with Crippen LogP contribution < -0.4 is 9.44 Å². The van der Waals surface area contributed by atoms with Gasteiger partial charge in [-0.05, 0) is 20.3 Å². The molecule has 1 aromatic heterocycles. The zero-order valence-electron chi connectivity index (χ0n) is 11.6. The van der Waals surface area contributed by atoms with E-state index >= 15 is 0 Å². The van der Waals surface area contributed by atoms with Crippen molar-refractivity contribution in [2.75, 3.05) is 13.2 Å². The van der Waals surface area contributed by atoms with Crippen molar-refractivity contribution in [2.24, 2.45) is 0 Å². The van der Waals surface area contributed by atoms with Gasteiger partial charge in [-0.25, -0.2) is 14.5 Å². The van der Waals surface area contributed by atoms with Crippen molar-refractivity contribution in [3.05, 3.63) is 11.6 Å². The van der Waals surface area contributed by atoms with Crippen LogP contribution in [-0.4, -0.2) is 42.7 Å². The van der Waals surface area contributed by atoms with Crippen LogP contribution in [0.2, 0.25) is 0 Å². The summed E-state index contributed by atoms with van der Waals surface area (Å²) < 4.78 is 32.8. The van der Waals surface area contributed by atoms with E-state index in [4.69, 9.17) is 4.74 Å². The number of nitrogens with zero attached hydrogens (tertiary/aromatic N) is 2. The molecular formula is C10H19N5O4S. The van der Waals surface area contributed by atoms with Crippen LogP contribution in [0, 0.1) is 0 Å². The normalized spacial score (nSPS) is 13.2. The Morgan fingerprint density at radius 1 is 1.45 bits per heavy atom. The summed E-state index contributed by atoms with van der Waals surface area (Å²) in [7, 11) is -3.62. The summed E-state index contributed by atoms with van der Waals surface area (Å²) in [4.78, 5) is 15.3. The summed E-state index contributed by atoms with van der Waals surface area (Å²) in [5.74, 6) is -0.557. The zero-order valence-corrected chi connectivity index (χ0v) is 12.5. The highest BCUT2D eigenvalue weighted by molar-refractivity contribution is 7.87. The minimum Gasteiger partial charge on any atom is -0.460 e. The van der Waals surface area contributed by atoms with Crippen molar-refractivity contribution >= 4 is 16.2 Å². The summed E-state index contributed by atoms with van der Waals surface area (Å²) in [5, 5.41) is 6.19. The van der Waals surface area contributed by atoms with Crippen LogP contribution >= 0.6 is 0 Å². The van der Waals surface area contributed by atoms with Crippen molar-refractivity contribution in [2.45, 2.75) is 33.2 Å². The SMILES string of the molecule is CCCNS(=O)(=O)NC(C)c1nc(C(=O)OCC)n[nH]1. The highest BCUT2D eigenvalue weighted by Gasteiger charge is 2.20. The van der Waals surface area contributed by atoms with Gasteiger partial charge in [-0.2, -0.15) is 13.1 Å². The van der Waals surface area contributed by atoms with Crippen molar-refractivity contribution in [1.82, 2.24) is 24.6 Å². The molecule has 1 rings (SSSR count). The van der Waals surface area contributed by atoms with Gasteiger partial charge in [0.25, 0.3) is 16.0 Å². The van der Waals surface area contributed by atoms with E-state index in [9.17, 15) is 13.2 Å². The van der Waals surface area contributed by atoms with Crippen molar-refractivity contribution in [1.29, 1.82) is 0 Å². The Kier molecular flexibility index (Phi) is 6.05. The molecule has 0 amide bonds. The van der Waals surface area contributed by atoms with E-state index in [1.54, 1.807) is 13.8 Å². The number of carbonyl (C=O) groups is 1. The molecular weight excluding hydrogens is 286 g/mol. The lowest BCUT2D eigenvalue weighted by Crippen LogP contribution is -2.38. The van der Waals surface area contributed by atoms with Gasteiger partial charge in [-0.1, -0.05) is 6.92 Å². The summed E-state index contributed by atoms with van der Waals surface area (Å²) in [6.07, 6.45) is 0.685. The number of hydrogen-bond donors (Lipinski definition) is 3. The summed E-state index contributed by atoms with van der Waals surface area (Å²) in [6.45, 7) is 5.66. The van der Waals surface area contributed by atoms with Crippen LogP contribution in [0.15, 0.2) is 0 Å². The predicted molar refractivity (Wildman–Crippen MR) is 71.1 cm³/mol. The molecule has 1 heterocycles. The lowest BCUT2D eigenvalue weighted by molar-refractivity contribution is 0.0512. The highest BCUT2D eigenvalue weighted by atomic mass is 32.2. The topological polar surface area (TPSA) is 126 Å². The van der Waals surface area contributed by atoms with E-state index in [2.05, 4.69) is 24.6 Å². The Morgan fingerprint density at radius 2 is 2.15 bits per heavy atom. The molecule has 0 fully saturated rings. The van der Waals surface area contributed by atoms with Crippen LogP contribution in [0.25, 0.3) is 0 Å². The molecule has 1 unspecified atom stereocenters. The van der Waals surface area contributed by atoms with E-state index in [1.807, 2.05) is 6.92 Å². The molecule has 1 aromatic rings. The fourth-order valence-electron chi connectivity index (χ4n) is 1.32. The molecule has 10 heteroatoms. The quantitative estimate of drug-likeness (QED) is 0.575. The van der Waals surface area contributed by atoms with E-state index in [0.717, 1.165) is 0 Å². The molecule has 1 atom stereocenters. The average Bonchev–Trinajstić information content (AvgIpc) is 2.86. The first-order valence-corrected chi connectivity index (χ1v) is 7.74. The van der Waals surface area contributed by atoms with Gasteiger partial charge in [0.15, 0.2) is 0 Å². The molecule has 0 saturated heterocycles. The van der Waals surface area contributed by atoms with Gasteiger partial charge in [-0.3, -0.25) is 5.10 Å². The van der Waals surface area contributed by atoms with Crippen molar-refractivity contribution in [3.63, 3.8) is 0 Å². The molecule has 0 aliphatic carbocycles. The average molecular weight is 305 g/mol. The maximum atomic E-state index is 11.6. The molecule has 0 radical (unpaired) electrons. The number of aromatic nitrogens is 3. The second-order valence-electron chi connectivity index (χ2n) is 4.00. The highest BCUT2D eigenvalue weighted by Crippen LogP contribution is 2.08. The first-order valence-electron chi connectivity index (χ1n) is 6.26. The molecule has 20 heavy (non-hydrogen) atoms. The van der Waals surface area contributed by atoms with Crippen LogP contribution in [0.1, 0.15) is 49.7 Å². The van der Waals surface area contributed by atoms with Crippen molar-refractivity contribution in [3.8, 4) is 0 Å². The maximum absolute atomic E-state index is 11.6. The first kappa shape index (κ1) is 16.5. The molecule has 0 aromatic carbocycles. The predicted octanol–water partition coefficient (Wildman–Crippen LogP) is -0.124. The maximum Gasteiger partial charge on any atom is 0.378 e. The number of H-pyrrole nitrogens is 1. The Morgan fingerprint density at radius 3 is 2.75 bits per heavy atom. The fourth-order valence-corrected chi connectivity index (χ4v) is 2.45. The monoisotopic (exact) mass is 305 g/mol. The standard InChI is InChI=1S/C10H19N5O4S/c1-4-6-11-20(17,18)15-7(3)8-12-9(14-13-8)10(16)19-5-2/h7,11,15H,4-6H2,1-3H3,(H,12,13,14). The second-order valence-corrected chi connectivity index (χ2v) is 5.53. The lowest BCUT2D eigenvalue weighted by atomic mass is 10.3. The Hall–Kier alpha value is -1.52. The Bertz CT molecular complexity index is 542. The van der Waals surface area contributed by atoms with Gasteiger partial charge in [0, 0.05) is 6.54 Å². The second kappa shape index (κ2) is 7.31. The van der Waals surface area contributed by atoms with Gasteiger partial charge in [-0.15, -0.1) is 5.10 Å². The van der Waals surface area contributed by atoms with Gasteiger partial charge in [0.1, 0.15) is 5.82 Å². The number of ether oxygens (including phenoxy) is 1. The van der Waals surface area contributed by atoms with Crippen LogP contribution in [-0.2, 0) is 14.9 Å². The molecule has 9 nitrogen and oxygen atoms in total. The molecule has 0 saturated carbocycles. The third kappa shape index (κ3) is 4.87. The molecule has 0 spiro atoms. The minimum absolute atomic E-state index is 0.130. The largest absolute Gasteiger partial charge is 0.460 e. The van der Waals surface area contributed by atoms with E-state index in [1.165, 1.54) is 0 Å². The van der Waals surface area contributed by atoms with Gasteiger partial charge in [0.05, 0.1) is 12.6 Å². The number of rotatable bonds is 8. The summed E-state index contributed by atoms with van der Waals surface area (Å²) in [5.41, 5.74) is 0.